The van der Waals surface area contributed by atoms with Crippen LogP contribution in [0.15, 0.2) is 28.4 Å². The fourth-order valence-corrected chi connectivity index (χ4v) is 3.58. The molecule has 3 rings (SSSR count). The highest BCUT2D eigenvalue weighted by Crippen LogP contribution is 2.19. The summed E-state index contributed by atoms with van der Waals surface area (Å²) in [5.41, 5.74) is 3.73. The van der Waals surface area contributed by atoms with E-state index >= 15 is 0 Å². The van der Waals surface area contributed by atoms with Crippen LogP contribution in [0.25, 0.3) is 4.96 Å². The molecule has 1 unspecified atom stereocenters. The van der Waals surface area contributed by atoms with Gasteiger partial charge in [-0.2, -0.15) is 11.3 Å². The number of nitrogens with one attached hydrogen (secondary N) is 1. The van der Waals surface area contributed by atoms with E-state index in [9.17, 15) is 0 Å². The van der Waals surface area contributed by atoms with Crippen molar-refractivity contribution in [3.63, 3.8) is 0 Å². The molecule has 3 nitrogen and oxygen atoms in total. The molecule has 0 saturated heterocycles. The first kappa shape index (κ1) is 11.9. The minimum atomic E-state index is 0.375. The highest BCUT2D eigenvalue weighted by Gasteiger charge is 2.11. The fourth-order valence-electron chi connectivity index (χ4n) is 2.04. The van der Waals surface area contributed by atoms with Gasteiger partial charge in [0.1, 0.15) is 0 Å². The van der Waals surface area contributed by atoms with E-state index in [1.165, 1.54) is 11.3 Å². The van der Waals surface area contributed by atoms with Crippen LogP contribution in [0.1, 0.15) is 29.9 Å². The Kier molecular flexibility index (Phi) is 3.20. The Morgan fingerprint density at radius 1 is 1.44 bits per heavy atom. The second-order valence-electron chi connectivity index (χ2n) is 4.36. The second kappa shape index (κ2) is 4.84. The van der Waals surface area contributed by atoms with Gasteiger partial charge in [0.25, 0.3) is 0 Å². The molecule has 3 aromatic heterocycles. The largest absolute Gasteiger partial charge is 0.305 e. The lowest BCUT2D eigenvalue weighted by molar-refractivity contribution is 0.566. The third-order valence-electron chi connectivity index (χ3n) is 3.18. The number of imidazole rings is 1. The molecule has 1 N–H and O–H groups in total. The molecule has 1 atom stereocenters. The Morgan fingerprint density at radius 2 is 2.33 bits per heavy atom. The highest BCUT2D eigenvalue weighted by molar-refractivity contribution is 7.15. The number of rotatable bonds is 4. The van der Waals surface area contributed by atoms with Crippen molar-refractivity contribution >= 4 is 27.6 Å². The third-order valence-corrected chi connectivity index (χ3v) is 4.64. The van der Waals surface area contributed by atoms with Gasteiger partial charge < -0.3 is 5.32 Å². The number of nitrogens with zero attached hydrogens (tertiary/aromatic N) is 2. The van der Waals surface area contributed by atoms with Crippen LogP contribution in [0.5, 0.6) is 0 Å². The lowest BCUT2D eigenvalue weighted by Gasteiger charge is -2.12. The predicted octanol–water partition coefficient (Wildman–Crippen LogP) is 3.62. The monoisotopic (exact) mass is 277 g/mol. The summed E-state index contributed by atoms with van der Waals surface area (Å²) in [4.78, 5) is 5.63. The summed E-state index contributed by atoms with van der Waals surface area (Å²) in [6, 6.07) is 2.55. The molecule has 18 heavy (non-hydrogen) atoms. The Morgan fingerprint density at radius 3 is 3.11 bits per heavy atom. The van der Waals surface area contributed by atoms with Crippen molar-refractivity contribution in [2.75, 3.05) is 0 Å². The summed E-state index contributed by atoms with van der Waals surface area (Å²) < 4.78 is 2.17. The Bertz CT molecular complexity index is 636. The maximum atomic E-state index is 4.56. The Labute approximate surface area is 114 Å². The first-order valence-electron chi connectivity index (χ1n) is 5.92. The molecule has 94 valence electrons. The van der Waals surface area contributed by atoms with Gasteiger partial charge in [-0.1, -0.05) is 0 Å². The summed E-state index contributed by atoms with van der Waals surface area (Å²) in [7, 11) is 0. The first-order valence-corrected chi connectivity index (χ1v) is 7.74. The normalized spacial score (nSPS) is 13.2. The van der Waals surface area contributed by atoms with Gasteiger partial charge in [0.2, 0.25) is 0 Å². The third kappa shape index (κ3) is 2.09. The quantitative estimate of drug-likeness (QED) is 0.789. The fraction of sp³-hybridized carbons (Fsp3) is 0.308. The van der Waals surface area contributed by atoms with E-state index in [1.807, 2.05) is 0 Å². The minimum Gasteiger partial charge on any atom is -0.305 e. The maximum absolute atomic E-state index is 4.56. The second-order valence-corrected chi connectivity index (χ2v) is 6.01. The SMILES string of the molecule is Cc1nc2sccn2c1CNC(C)c1ccsc1. The Hall–Kier alpha value is -1.17. The van der Waals surface area contributed by atoms with Gasteiger partial charge in [-0.25, -0.2) is 4.98 Å². The average molecular weight is 277 g/mol. The van der Waals surface area contributed by atoms with Crippen molar-refractivity contribution in [2.45, 2.75) is 26.4 Å². The molecule has 0 aromatic carbocycles. The van der Waals surface area contributed by atoms with E-state index in [1.54, 1.807) is 22.7 Å². The van der Waals surface area contributed by atoms with Gasteiger partial charge in [0, 0.05) is 24.2 Å². The standard InChI is InChI=1S/C13H15N3S2/c1-9(11-3-5-17-8-11)14-7-12-10(2)15-13-16(12)4-6-18-13/h3-6,8-9,14H,7H2,1-2H3. The minimum absolute atomic E-state index is 0.375. The molecule has 0 spiro atoms. The number of aryl methyl sites for hydroxylation is 1. The summed E-state index contributed by atoms with van der Waals surface area (Å²) in [5.74, 6) is 0. The number of thiophene rings is 1. The van der Waals surface area contributed by atoms with E-state index in [2.05, 4.69) is 57.0 Å². The van der Waals surface area contributed by atoms with E-state index in [0.29, 0.717) is 6.04 Å². The number of hydrogen-bond donors (Lipinski definition) is 1. The average Bonchev–Trinajstić information content (AvgIpc) is 3.02. The van der Waals surface area contributed by atoms with Crippen LogP contribution in [0.4, 0.5) is 0 Å². The molecule has 0 aliphatic carbocycles. The zero-order chi connectivity index (χ0) is 12.5. The summed E-state index contributed by atoms with van der Waals surface area (Å²) >= 11 is 3.42. The molecule has 0 radical (unpaired) electrons. The summed E-state index contributed by atoms with van der Waals surface area (Å²) in [5, 5.41) is 9.95. The molecule has 0 amide bonds. The zero-order valence-electron chi connectivity index (χ0n) is 10.4. The molecule has 0 aliphatic heterocycles. The van der Waals surface area contributed by atoms with E-state index < -0.39 is 0 Å². The first-order chi connectivity index (χ1) is 8.75. The zero-order valence-corrected chi connectivity index (χ0v) is 12.0. The van der Waals surface area contributed by atoms with Crippen LogP contribution in [-0.4, -0.2) is 9.38 Å². The smallest absolute Gasteiger partial charge is 0.194 e. The molecule has 0 aliphatic rings. The lowest BCUT2D eigenvalue weighted by Crippen LogP contribution is -2.19. The Balaban J connectivity index is 1.76. The lowest BCUT2D eigenvalue weighted by atomic mass is 10.2. The van der Waals surface area contributed by atoms with E-state index in [-0.39, 0.29) is 0 Å². The molecule has 0 bridgehead atoms. The van der Waals surface area contributed by atoms with Crippen molar-refractivity contribution in [1.82, 2.24) is 14.7 Å². The molecule has 0 saturated carbocycles. The van der Waals surface area contributed by atoms with Gasteiger partial charge in [0.15, 0.2) is 4.96 Å². The molecular formula is C13H15N3S2. The van der Waals surface area contributed by atoms with Crippen LogP contribution < -0.4 is 5.32 Å². The number of thiazole rings is 1. The van der Waals surface area contributed by atoms with Crippen LogP contribution in [0, 0.1) is 6.92 Å². The van der Waals surface area contributed by atoms with Crippen LogP contribution in [0.3, 0.4) is 0 Å². The molecule has 3 heterocycles. The van der Waals surface area contributed by atoms with Crippen LogP contribution in [0.2, 0.25) is 0 Å². The molecular weight excluding hydrogens is 262 g/mol. The molecule has 5 heteroatoms. The maximum Gasteiger partial charge on any atom is 0.194 e. The van der Waals surface area contributed by atoms with Crippen molar-refractivity contribution in [1.29, 1.82) is 0 Å². The highest BCUT2D eigenvalue weighted by atomic mass is 32.1. The van der Waals surface area contributed by atoms with Gasteiger partial charge in [-0.3, -0.25) is 4.40 Å². The van der Waals surface area contributed by atoms with Crippen molar-refractivity contribution in [3.8, 4) is 0 Å². The summed E-state index contributed by atoms with van der Waals surface area (Å²) in [6.07, 6.45) is 2.09. The van der Waals surface area contributed by atoms with Gasteiger partial charge in [-0.15, -0.1) is 11.3 Å². The predicted molar refractivity (Wildman–Crippen MR) is 77.4 cm³/mol. The van der Waals surface area contributed by atoms with Crippen LogP contribution in [-0.2, 0) is 6.54 Å². The molecule has 0 fully saturated rings. The number of fused-ring (bicyclic) bond motifs is 1. The summed E-state index contributed by atoms with van der Waals surface area (Å²) in [6.45, 7) is 5.12. The topological polar surface area (TPSA) is 29.3 Å². The van der Waals surface area contributed by atoms with Gasteiger partial charge in [-0.05, 0) is 36.2 Å². The number of aromatic nitrogens is 2. The van der Waals surface area contributed by atoms with E-state index in [4.69, 9.17) is 0 Å². The van der Waals surface area contributed by atoms with Crippen molar-refractivity contribution < 1.29 is 0 Å². The number of hydrogen-bond acceptors (Lipinski definition) is 4. The van der Waals surface area contributed by atoms with Crippen LogP contribution >= 0.6 is 22.7 Å². The molecule has 3 aromatic rings. The van der Waals surface area contributed by atoms with Gasteiger partial charge >= 0.3 is 0 Å². The van der Waals surface area contributed by atoms with Gasteiger partial charge in [0.05, 0.1) is 11.4 Å². The van der Waals surface area contributed by atoms with E-state index in [0.717, 1.165) is 17.2 Å². The van der Waals surface area contributed by atoms with Crippen molar-refractivity contribution in [2.24, 2.45) is 0 Å². The van der Waals surface area contributed by atoms with Crippen molar-refractivity contribution in [3.05, 3.63) is 45.4 Å².